The molecule has 13 heteroatoms. The van der Waals surface area contributed by atoms with Gasteiger partial charge in [-0.1, -0.05) is 30.3 Å². The lowest BCUT2D eigenvalue weighted by Gasteiger charge is -2.29. The first-order chi connectivity index (χ1) is 22.8. The maximum atomic E-state index is 13.8. The highest BCUT2D eigenvalue weighted by Crippen LogP contribution is 2.32. The van der Waals surface area contributed by atoms with Crippen LogP contribution in [0.25, 0.3) is 22.3 Å². The number of aromatic amines is 1. The zero-order valence-electron chi connectivity index (χ0n) is 26.0. The van der Waals surface area contributed by atoms with E-state index in [4.69, 9.17) is 9.72 Å². The maximum absolute atomic E-state index is 13.8. The quantitative estimate of drug-likeness (QED) is 0.155. The summed E-state index contributed by atoms with van der Waals surface area (Å²) in [6.45, 7) is 3.55. The lowest BCUT2D eigenvalue weighted by molar-refractivity contribution is -0.111. The minimum Gasteiger partial charge on any atom is -0.378 e. The largest absolute Gasteiger partial charge is 0.378 e. The first-order valence-electron chi connectivity index (χ1n) is 15.1. The number of hydrogen-bond acceptors (Lipinski definition) is 9. The minimum absolute atomic E-state index is 0.0289. The molecule has 0 spiro atoms. The third-order valence-corrected chi connectivity index (χ3v) is 7.34. The monoisotopic (exact) mass is 635 g/mol. The van der Waals surface area contributed by atoms with Crippen molar-refractivity contribution >= 4 is 51.5 Å². The zero-order chi connectivity index (χ0) is 32.8. The standard InChI is InChI=1S/C34H34FN9O3/c1-43(2)14-6-13-28(45)36-24-9-3-7-22(19-24)30-29-31(33(46)37-25-10-4-8-23(35)20-25)41-42-32(29)40-34(39-30)38-26-11-5-12-27(21-26)44-15-17-47-18-16-44/h3-13,19-21H,14-18H2,1-2H3,(H,36,45)(H,37,46)(H2,38,39,40,41,42)/b13-6+. The Morgan fingerprint density at radius 2 is 1.70 bits per heavy atom. The summed E-state index contributed by atoms with van der Waals surface area (Å²) in [5.41, 5.74) is 3.98. The number of halogens is 1. The summed E-state index contributed by atoms with van der Waals surface area (Å²) in [4.78, 5) is 39.7. The number of likely N-dealkylation sites (N-methyl/N-ethyl adjacent to an activating group) is 1. The third kappa shape index (κ3) is 7.77. The molecule has 47 heavy (non-hydrogen) atoms. The van der Waals surface area contributed by atoms with Gasteiger partial charge in [0.2, 0.25) is 11.9 Å². The Bertz CT molecular complexity index is 1940. The van der Waals surface area contributed by atoms with Crippen molar-refractivity contribution in [1.82, 2.24) is 25.1 Å². The van der Waals surface area contributed by atoms with Crippen LogP contribution in [0.15, 0.2) is 84.9 Å². The fourth-order valence-corrected chi connectivity index (χ4v) is 5.15. The fourth-order valence-electron chi connectivity index (χ4n) is 5.15. The van der Waals surface area contributed by atoms with Gasteiger partial charge in [0.1, 0.15) is 5.82 Å². The van der Waals surface area contributed by atoms with Crippen LogP contribution in [0, 0.1) is 5.82 Å². The van der Waals surface area contributed by atoms with Gasteiger partial charge >= 0.3 is 0 Å². The summed E-state index contributed by atoms with van der Waals surface area (Å²) in [6.07, 6.45) is 3.25. The summed E-state index contributed by atoms with van der Waals surface area (Å²) < 4.78 is 19.3. The second kappa shape index (κ2) is 14.2. The van der Waals surface area contributed by atoms with E-state index in [0.29, 0.717) is 47.7 Å². The smallest absolute Gasteiger partial charge is 0.276 e. The van der Waals surface area contributed by atoms with E-state index in [1.165, 1.54) is 24.3 Å². The molecule has 6 rings (SSSR count). The molecule has 0 atom stereocenters. The number of H-pyrrole nitrogens is 1. The van der Waals surface area contributed by atoms with Crippen molar-refractivity contribution in [3.8, 4) is 11.3 Å². The number of carbonyl (C=O) groups excluding carboxylic acids is 2. The van der Waals surface area contributed by atoms with Gasteiger partial charge in [-0.3, -0.25) is 14.7 Å². The number of ether oxygens (including phenoxy) is 1. The highest BCUT2D eigenvalue weighted by molar-refractivity contribution is 6.14. The summed E-state index contributed by atoms with van der Waals surface area (Å²) >= 11 is 0. The number of anilines is 5. The van der Waals surface area contributed by atoms with Crippen LogP contribution in [0.2, 0.25) is 0 Å². The predicted octanol–water partition coefficient (Wildman–Crippen LogP) is 5.05. The van der Waals surface area contributed by atoms with Gasteiger partial charge in [-0.2, -0.15) is 10.1 Å². The Labute approximate surface area is 270 Å². The van der Waals surface area contributed by atoms with E-state index in [-0.39, 0.29) is 23.2 Å². The molecule has 0 saturated carbocycles. The number of rotatable bonds is 10. The summed E-state index contributed by atoms with van der Waals surface area (Å²) in [7, 11) is 3.83. The Morgan fingerprint density at radius 3 is 2.49 bits per heavy atom. The number of carbonyl (C=O) groups is 2. The molecule has 1 aliphatic rings. The molecule has 240 valence electrons. The Balaban J connectivity index is 1.36. The molecule has 5 aromatic rings. The average molecular weight is 636 g/mol. The van der Waals surface area contributed by atoms with Crippen LogP contribution in [-0.4, -0.2) is 83.8 Å². The van der Waals surface area contributed by atoms with Crippen LogP contribution in [0.5, 0.6) is 0 Å². The third-order valence-electron chi connectivity index (χ3n) is 7.34. The molecule has 2 amide bonds. The van der Waals surface area contributed by atoms with Crippen LogP contribution in [0.4, 0.5) is 33.1 Å². The van der Waals surface area contributed by atoms with Crippen molar-refractivity contribution in [3.05, 3.63) is 96.5 Å². The molecule has 0 radical (unpaired) electrons. The average Bonchev–Trinajstić information content (AvgIpc) is 3.49. The van der Waals surface area contributed by atoms with Crippen molar-refractivity contribution in [2.45, 2.75) is 0 Å². The van der Waals surface area contributed by atoms with Gasteiger partial charge in [0.25, 0.3) is 5.91 Å². The molecule has 0 aliphatic carbocycles. The molecule has 1 fully saturated rings. The molecule has 0 bridgehead atoms. The molecule has 3 aromatic carbocycles. The van der Waals surface area contributed by atoms with Crippen LogP contribution >= 0.6 is 0 Å². The number of hydrogen-bond donors (Lipinski definition) is 4. The van der Waals surface area contributed by atoms with E-state index in [2.05, 4.69) is 36.0 Å². The first kappa shape index (κ1) is 31.3. The van der Waals surface area contributed by atoms with E-state index < -0.39 is 11.7 Å². The normalized spacial score (nSPS) is 13.3. The number of amides is 2. The van der Waals surface area contributed by atoms with Crippen LogP contribution < -0.4 is 20.9 Å². The van der Waals surface area contributed by atoms with Gasteiger partial charge in [0.15, 0.2) is 11.3 Å². The molecule has 2 aromatic heterocycles. The van der Waals surface area contributed by atoms with Crippen molar-refractivity contribution in [2.75, 3.05) is 67.8 Å². The number of nitrogens with zero attached hydrogens (tertiary/aromatic N) is 5. The minimum atomic E-state index is -0.568. The van der Waals surface area contributed by atoms with Crippen molar-refractivity contribution < 1.29 is 18.7 Å². The van der Waals surface area contributed by atoms with Crippen LogP contribution in [-0.2, 0) is 9.53 Å². The lowest BCUT2D eigenvalue weighted by Crippen LogP contribution is -2.36. The van der Waals surface area contributed by atoms with Crippen molar-refractivity contribution in [3.63, 3.8) is 0 Å². The summed E-state index contributed by atoms with van der Waals surface area (Å²) in [6, 6.07) is 20.7. The molecular weight excluding hydrogens is 601 g/mol. The second-order valence-electron chi connectivity index (χ2n) is 11.2. The number of benzene rings is 3. The maximum Gasteiger partial charge on any atom is 0.276 e. The summed E-state index contributed by atoms with van der Waals surface area (Å²) in [5.74, 6) is -1.06. The molecule has 3 heterocycles. The number of nitrogens with one attached hydrogen (secondary N) is 4. The SMILES string of the molecule is CN(C)C/C=C/C(=O)Nc1cccc(-c2nc(Nc3cccc(N4CCOCC4)c3)nc3[nH]nc(C(=O)Nc4cccc(F)c4)c23)c1. The molecule has 1 aliphatic heterocycles. The van der Waals surface area contributed by atoms with Gasteiger partial charge in [-0.05, 0) is 62.6 Å². The van der Waals surface area contributed by atoms with E-state index in [0.717, 1.165) is 24.5 Å². The molecule has 4 N–H and O–H groups in total. The van der Waals surface area contributed by atoms with E-state index in [9.17, 15) is 14.0 Å². The fraction of sp³-hybridized carbons (Fsp3) is 0.206. The highest BCUT2D eigenvalue weighted by atomic mass is 19.1. The number of aromatic nitrogens is 4. The van der Waals surface area contributed by atoms with Gasteiger partial charge in [0.05, 0.1) is 24.3 Å². The van der Waals surface area contributed by atoms with Crippen LogP contribution in [0.3, 0.4) is 0 Å². The molecular formula is C34H34FN9O3. The second-order valence-corrected chi connectivity index (χ2v) is 11.2. The Kier molecular flexibility index (Phi) is 9.46. The topological polar surface area (TPSA) is 140 Å². The molecule has 1 saturated heterocycles. The Morgan fingerprint density at radius 1 is 0.957 bits per heavy atom. The molecule has 12 nitrogen and oxygen atoms in total. The molecule has 0 unspecified atom stereocenters. The summed E-state index contributed by atoms with van der Waals surface area (Å²) in [5, 5.41) is 16.4. The van der Waals surface area contributed by atoms with E-state index in [1.807, 2.05) is 49.3 Å². The number of morpholine rings is 1. The highest BCUT2D eigenvalue weighted by Gasteiger charge is 2.22. The zero-order valence-corrected chi connectivity index (χ0v) is 26.0. The lowest BCUT2D eigenvalue weighted by atomic mass is 10.1. The van der Waals surface area contributed by atoms with Gasteiger partial charge < -0.3 is 30.5 Å². The van der Waals surface area contributed by atoms with Crippen molar-refractivity contribution in [2.24, 2.45) is 0 Å². The van der Waals surface area contributed by atoms with E-state index in [1.54, 1.807) is 30.3 Å². The Hall–Kier alpha value is -5.66. The predicted molar refractivity (Wildman–Crippen MR) is 181 cm³/mol. The van der Waals surface area contributed by atoms with Gasteiger partial charge in [0, 0.05) is 54.0 Å². The number of fused-ring (bicyclic) bond motifs is 1. The first-order valence-corrected chi connectivity index (χ1v) is 15.1. The van der Waals surface area contributed by atoms with Crippen LogP contribution in [0.1, 0.15) is 10.5 Å². The van der Waals surface area contributed by atoms with E-state index >= 15 is 0 Å². The van der Waals surface area contributed by atoms with Gasteiger partial charge in [-0.25, -0.2) is 9.37 Å². The van der Waals surface area contributed by atoms with Crippen molar-refractivity contribution in [1.29, 1.82) is 0 Å². The van der Waals surface area contributed by atoms with Gasteiger partial charge in [-0.15, -0.1) is 0 Å².